The van der Waals surface area contributed by atoms with E-state index in [9.17, 15) is 10.1 Å². The maximum atomic E-state index is 11.9. The number of anilines is 1. The Morgan fingerprint density at radius 2 is 2.33 bits per heavy atom. The molecule has 1 aliphatic carbocycles. The van der Waals surface area contributed by atoms with Crippen LogP contribution in [-0.2, 0) is 17.6 Å². The molecule has 0 radical (unpaired) electrons. The summed E-state index contributed by atoms with van der Waals surface area (Å²) in [6, 6.07) is 4.30. The van der Waals surface area contributed by atoms with Gasteiger partial charge in [-0.3, -0.25) is 4.79 Å². The second-order valence-electron chi connectivity index (χ2n) is 5.18. The fraction of sp³-hybridized carbons (Fsp3) is 0.533. The average Bonchev–Trinajstić information content (AvgIpc) is 2.79. The largest absolute Gasteiger partial charge is 0.316 e. The van der Waals surface area contributed by atoms with Crippen molar-refractivity contribution < 1.29 is 4.79 Å². The zero-order valence-corrected chi connectivity index (χ0v) is 13.6. The maximum absolute atomic E-state index is 11.9. The molecule has 1 aliphatic rings. The third-order valence-corrected chi connectivity index (χ3v) is 5.60. The molecule has 1 unspecified atom stereocenters. The number of carbonyl (C=O) groups is 1. The zero-order valence-electron chi connectivity index (χ0n) is 11.9. The van der Waals surface area contributed by atoms with Crippen molar-refractivity contribution in [2.45, 2.75) is 32.6 Å². The van der Waals surface area contributed by atoms with Crippen molar-refractivity contribution >= 4 is 34.0 Å². The molecule has 6 heteroatoms. The van der Waals surface area contributed by atoms with Gasteiger partial charge in [0.05, 0.1) is 17.4 Å². The van der Waals surface area contributed by atoms with Gasteiger partial charge in [-0.2, -0.15) is 22.3 Å². The minimum absolute atomic E-state index is 0.0962. The highest BCUT2D eigenvalue weighted by Gasteiger charge is 2.24. The van der Waals surface area contributed by atoms with Gasteiger partial charge in [0.15, 0.2) is 0 Å². The van der Waals surface area contributed by atoms with Gasteiger partial charge in [-0.15, -0.1) is 11.3 Å². The topological polar surface area (TPSA) is 76.7 Å². The number of nitriles is 2. The van der Waals surface area contributed by atoms with Gasteiger partial charge < -0.3 is 5.32 Å². The number of nitrogens with zero attached hydrogens (tertiary/aromatic N) is 2. The first kappa shape index (κ1) is 15.9. The lowest BCUT2D eigenvalue weighted by Gasteiger charge is -2.17. The first-order chi connectivity index (χ1) is 10.2. The van der Waals surface area contributed by atoms with Crippen LogP contribution in [0.4, 0.5) is 5.00 Å². The molecule has 1 aromatic heterocycles. The number of thiophene rings is 1. The molecule has 0 bridgehead atoms. The van der Waals surface area contributed by atoms with Gasteiger partial charge in [-0.25, -0.2) is 0 Å². The van der Waals surface area contributed by atoms with Crippen molar-refractivity contribution in [1.29, 1.82) is 10.5 Å². The van der Waals surface area contributed by atoms with Crippen LogP contribution in [0.15, 0.2) is 0 Å². The summed E-state index contributed by atoms with van der Waals surface area (Å²) in [6.45, 7) is 2.22. The van der Waals surface area contributed by atoms with Crippen LogP contribution in [0.3, 0.4) is 0 Å². The van der Waals surface area contributed by atoms with Gasteiger partial charge >= 0.3 is 0 Å². The Morgan fingerprint density at radius 3 is 3.05 bits per heavy atom. The molecule has 0 fully saturated rings. The molecule has 21 heavy (non-hydrogen) atoms. The summed E-state index contributed by atoms with van der Waals surface area (Å²) in [4.78, 5) is 13.2. The van der Waals surface area contributed by atoms with Gasteiger partial charge in [-0.1, -0.05) is 6.92 Å². The van der Waals surface area contributed by atoms with Crippen LogP contribution in [0.5, 0.6) is 0 Å². The SMILES string of the molecule is CC1CCc2c(sc(NC(=O)CSCCC#N)c2C#N)C1. The highest BCUT2D eigenvalue weighted by Crippen LogP contribution is 2.39. The van der Waals surface area contributed by atoms with E-state index >= 15 is 0 Å². The van der Waals surface area contributed by atoms with Crippen LogP contribution in [0.2, 0.25) is 0 Å². The van der Waals surface area contributed by atoms with E-state index in [1.807, 2.05) is 0 Å². The number of nitrogens with one attached hydrogen (secondary N) is 1. The molecular weight excluding hydrogens is 302 g/mol. The van der Waals surface area contributed by atoms with E-state index in [1.165, 1.54) is 16.6 Å². The highest BCUT2D eigenvalue weighted by molar-refractivity contribution is 7.99. The summed E-state index contributed by atoms with van der Waals surface area (Å²) in [5, 5.41) is 21.4. The number of carbonyl (C=O) groups excluding carboxylic acids is 1. The minimum atomic E-state index is -0.0962. The summed E-state index contributed by atoms with van der Waals surface area (Å²) < 4.78 is 0. The van der Waals surface area contributed by atoms with E-state index in [0.29, 0.717) is 34.4 Å². The van der Waals surface area contributed by atoms with E-state index < -0.39 is 0 Å². The van der Waals surface area contributed by atoms with Crippen LogP contribution in [0.25, 0.3) is 0 Å². The van der Waals surface area contributed by atoms with Crippen LogP contribution in [0.1, 0.15) is 35.8 Å². The number of thioether (sulfide) groups is 1. The molecule has 2 rings (SSSR count). The molecule has 1 N–H and O–H groups in total. The van der Waals surface area contributed by atoms with Crippen LogP contribution in [-0.4, -0.2) is 17.4 Å². The van der Waals surface area contributed by atoms with Gasteiger partial charge in [0.25, 0.3) is 0 Å². The van der Waals surface area contributed by atoms with E-state index in [2.05, 4.69) is 24.4 Å². The van der Waals surface area contributed by atoms with E-state index in [-0.39, 0.29) is 5.91 Å². The maximum Gasteiger partial charge on any atom is 0.235 e. The summed E-state index contributed by atoms with van der Waals surface area (Å²) in [5.74, 6) is 1.53. The predicted octanol–water partition coefficient (Wildman–Crippen LogP) is 3.33. The zero-order chi connectivity index (χ0) is 15.2. The van der Waals surface area contributed by atoms with Gasteiger partial charge in [0, 0.05) is 17.1 Å². The Hall–Kier alpha value is -1.50. The van der Waals surface area contributed by atoms with E-state index in [0.717, 1.165) is 24.8 Å². The number of amides is 1. The molecule has 0 aromatic carbocycles. The fourth-order valence-corrected chi connectivity index (χ4v) is 4.42. The Balaban J connectivity index is 2.02. The number of hydrogen-bond donors (Lipinski definition) is 1. The third-order valence-electron chi connectivity index (χ3n) is 3.47. The third kappa shape index (κ3) is 4.00. The quantitative estimate of drug-likeness (QED) is 0.845. The van der Waals surface area contributed by atoms with Crippen molar-refractivity contribution in [3.05, 3.63) is 16.0 Å². The highest BCUT2D eigenvalue weighted by atomic mass is 32.2. The molecular formula is C15H17N3OS2. The molecule has 1 heterocycles. The molecule has 1 atom stereocenters. The summed E-state index contributed by atoms with van der Waals surface area (Å²) in [6.07, 6.45) is 3.49. The fourth-order valence-electron chi connectivity index (χ4n) is 2.40. The van der Waals surface area contributed by atoms with Crippen molar-refractivity contribution in [1.82, 2.24) is 0 Å². The predicted molar refractivity (Wildman–Crippen MR) is 86.4 cm³/mol. The molecule has 110 valence electrons. The number of rotatable bonds is 5. The lowest BCUT2D eigenvalue weighted by atomic mass is 9.89. The van der Waals surface area contributed by atoms with Crippen molar-refractivity contribution in [2.75, 3.05) is 16.8 Å². The first-order valence-electron chi connectivity index (χ1n) is 6.94. The van der Waals surface area contributed by atoms with Crippen LogP contribution < -0.4 is 5.32 Å². The van der Waals surface area contributed by atoms with E-state index in [4.69, 9.17) is 5.26 Å². The van der Waals surface area contributed by atoms with E-state index in [1.54, 1.807) is 11.3 Å². The Bertz CT molecular complexity index is 610. The van der Waals surface area contributed by atoms with Gasteiger partial charge in [0.1, 0.15) is 11.1 Å². The minimum Gasteiger partial charge on any atom is -0.316 e. The molecule has 0 aliphatic heterocycles. The molecule has 1 amide bonds. The molecule has 1 aromatic rings. The second kappa shape index (κ2) is 7.49. The van der Waals surface area contributed by atoms with Gasteiger partial charge in [0.2, 0.25) is 5.91 Å². The lowest BCUT2D eigenvalue weighted by Crippen LogP contribution is -2.14. The van der Waals surface area contributed by atoms with Crippen molar-refractivity contribution in [2.24, 2.45) is 5.92 Å². The average molecular weight is 319 g/mol. The first-order valence-corrected chi connectivity index (χ1v) is 8.92. The van der Waals surface area contributed by atoms with Crippen molar-refractivity contribution in [3.63, 3.8) is 0 Å². The lowest BCUT2D eigenvalue weighted by molar-refractivity contribution is -0.113. The molecule has 0 spiro atoms. The normalized spacial score (nSPS) is 16.6. The summed E-state index contributed by atoms with van der Waals surface area (Å²) in [5.41, 5.74) is 1.78. The van der Waals surface area contributed by atoms with Crippen molar-refractivity contribution in [3.8, 4) is 12.1 Å². The summed E-state index contributed by atoms with van der Waals surface area (Å²) in [7, 11) is 0. The molecule has 0 saturated carbocycles. The van der Waals surface area contributed by atoms with Crippen LogP contribution in [0, 0.1) is 28.6 Å². The number of hydrogen-bond acceptors (Lipinski definition) is 5. The Labute approximate surface area is 133 Å². The summed E-state index contributed by atoms with van der Waals surface area (Å²) >= 11 is 2.99. The molecule has 4 nitrogen and oxygen atoms in total. The molecule has 0 saturated heterocycles. The van der Waals surface area contributed by atoms with Gasteiger partial charge in [-0.05, 0) is 30.7 Å². The van der Waals surface area contributed by atoms with Crippen LogP contribution >= 0.6 is 23.1 Å². The monoisotopic (exact) mass is 319 g/mol. The number of fused-ring (bicyclic) bond motifs is 1. The smallest absolute Gasteiger partial charge is 0.235 e. The standard InChI is InChI=1S/C15H17N3OS2/c1-10-3-4-11-12(8-17)15(21-13(11)7-10)18-14(19)9-20-6-2-5-16/h10H,2-4,6-7,9H2,1H3,(H,18,19). The Kier molecular flexibility index (Phi) is 5.67. The second-order valence-corrected chi connectivity index (χ2v) is 7.39. The Morgan fingerprint density at radius 1 is 1.52 bits per heavy atom.